The maximum absolute atomic E-state index is 6.22. The highest BCUT2D eigenvalue weighted by atomic mass is 35.5. The van der Waals surface area contributed by atoms with E-state index in [-0.39, 0.29) is 0 Å². The molecule has 0 fully saturated rings. The molecule has 4 rings (SSSR count). The van der Waals surface area contributed by atoms with Gasteiger partial charge >= 0.3 is 0 Å². The third-order valence-electron chi connectivity index (χ3n) is 3.79. The van der Waals surface area contributed by atoms with Crippen LogP contribution in [0.1, 0.15) is 5.56 Å². The van der Waals surface area contributed by atoms with Crippen molar-refractivity contribution in [2.45, 2.75) is 6.54 Å². The monoisotopic (exact) mass is 351 g/mol. The lowest BCUT2D eigenvalue weighted by atomic mass is 10.2. The van der Waals surface area contributed by atoms with Crippen molar-refractivity contribution in [3.8, 4) is 10.4 Å². The van der Waals surface area contributed by atoms with Gasteiger partial charge in [-0.1, -0.05) is 60.1 Å². The lowest BCUT2D eigenvalue weighted by molar-refractivity contribution is 1.11. The van der Waals surface area contributed by atoms with Crippen molar-refractivity contribution in [3.05, 3.63) is 77.6 Å². The van der Waals surface area contributed by atoms with E-state index in [1.165, 1.54) is 10.4 Å². The van der Waals surface area contributed by atoms with Crippen LogP contribution in [-0.4, -0.2) is 9.97 Å². The summed E-state index contributed by atoms with van der Waals surface area (Å²) < 4.78 is 0. The Bertz CT molecular complexity index is 982. The van der Waals surface area contributed by atoms with E-state index in [0.29, 0.717) is 6.54 Å². The fourth-order valence-corrected chi connectivity index (χ4v) is 3.77. The Kier molecular flexibility index (Phi) is 4.15. The van der Waals surface area contributed by atoms with E-state index in [1.54, 1.807) is 17.7 Å². The summed E-state index contributed by atoms with van der Waals surface area (Å²) >= 11 is 7.89. The summed E-state index contributed by atoms with van der Waals surface area (Å²) in [4.78, 5) is 11.0. The highest BCUT2D eigenvalue weighted by Crippen LogP contribution is 2.35. The molecule has 0 aliphatic heterocycles. The first kappa shape index (κ1) is 15.1. The number of anilines is 1. The second-order valence-corrected chi connectivity index (χ2v) is 6.80. The summed E-state index contributed by atoms with van der Waals surface area (Å²) in [5.41, 5.74) is 2.24. The molecule has 0 saturated carbocycles. The van der Waals surface area contributed by atoms with Crippen LogP contribution < -0.4 is 5.32 Å². The average Bonchev–Trinajstić information content (AvgIpc) is 3.07. The number of thiophene rings is 1. The number of fused-ring (bicyclic) bond motifs is 1. The number of halogens is 1. The van der Waals surface area contributed by atoms with Gasteiger partial charge in [0.25, 0.3) is 0 Å². The lowest BCUT2D eigenvalue weighted by Crippen LogP contribution is -2.02. The molecule has 24 heavy (non-hydrogen) atoms. The van der Waals surface area contributed by atoms with E-state index < -0.39 is 0 Å². The van der Waals surface area contributed by atoms with Crippen LogP contribution in [0.2, 0.25) is 5.02 Å². The molecule has 0 saturated heterocycles. The molecule has 0 atom stereocenters. The van der Waals surface area contributed by atoms with E-state index in [1.807, 2.05) is 42.5 Å². The summed E-state index contributed by atoms with van der Waals surface area (Å²) in [6.45, 7) is 0.627. The zero-order chi connectivity index (χ0) is 16.4. The first-order valence-corrected chi connectivity index (χ1v) is 8.78. The largest absolute Gasteiger partial charge is 0.365 e. The summed E-state index contributed by atoms with van der Waals surface area (Å²) in [5.74, 6) is 0.832. The molecule has 118 valence electrons. The Balaban J connectivity index is 1.66. The second kappa shape index (κ2) is 6.59. The molecular weight excluding hydrogens is 338 g/mol. The zero-order valence-electron chi connectivity index (χ0n) is 12.7. The maximum Gasteiger partial charge on any atom is 0.138 e. The van der Waals surface area contributed by atoms with Crippen molar-refractivity contribution >= 4 is 39.0 Å². The van der Waals surface area contributed by atoms with Crippen molar-refractivity contribution < 1.29 is 0 Å². The topological polar surface area (TPSA) is 37.8 Å². The molecule has 3 nitrogen and oxygen atoms in total. The molecule has 0 aliphatic rings. The van der Waals surface area contributed by atoms with Gasteiger partial charge in [-0.2, -0.15) is 0 Å². The highest BCUT2D eigenvalue weighted by molar-refractivity contribution is 7.21. The van der Waals surface area contributed by atoms with E-state index in [2.05, 4.69) is 33.5 Å². The van der Waals surface area contributed by atoms with Gasteiger partial charge in [0.05, 0.1) is 5.39 Å². The Labute approximate surface area is 149 Å². The molecular formula is C19H14ClN3S. The van der Waals surface area contributed by atoms with Gasteiger partial charge in [-0.25, -0.2) is 9.97 Å². The number of hydrogen-bond acceptors (Lipinski definition) is 4. The fourth-order valence-electron chi connectivity index (χ4n) is 2.56. The Hall–Kier alpha value is -2.43. The van der Waals surface area contributed by atoms with Crippen molar-refractivity contribution in [2.75, 3.05) is 5.32 Å². The van der Waals surface area contributed by atoms with Crippen LogP contribution in [0, 0.1) is 0 Å². The van der Waals surface area contributed by atoms with E-state index >= 15 is 0 Å². The Morgan fingerprint density at radius 2 is 1.75 bits per heavy atom. The standard InChI is InChI=1S/C19H14ClN3S/c20-16-9-5-4-8-14(16)11-21-18-15-10-17(13-6-2-1-3-7-13)24-19(15)23-12-22-18/h1-10,12H,11H2,(H,21,22,23). The van der Waals surface area contributed by atoms with Gasteiger partial charge < -0.3 is 5.32 Å². The number of aromatic nitrogens is 2. The normalized spacial score (nSPS) is 10.9. The molecule has 2 aromatic carbocycles. The first-order valence-electron chi connectivity index (χ1n) is 7.58. The van der Waals surface area contributed by atoms with Crippen LogP contribution in [-0.2, 0) is 6.54 Å². The molecule has 4 aromatic rings. The molecule has 0 amide bonds. The van der Waals surface area contributed by atoms with Crippen LogP contribution in [0.4, 0.5) is 5.82 Å². The van der Waals surface area contributed by atoms with Crippen molar-refractivity contribution in [1.82, 2.24) is 9.97 Å². The smallest absolute Gasteiger partial charge is 0.138 e. The summed E-state index contributed by atoms with van der Waals surface area (Å²) in [6.07, 6.45) is 1.60. The van der Waals surface area contributed by atoms with E-state index in [4.69, 9.17) is 11.6 Å². The molecule has 0 spiro atoms. The number of benzene rings is 2. The van der Waals surface area contributed by atoms with Crippen LogP contribution in [0.25, 0.3) is 20.7 Å². The van der Waals surface area contributed by atoms with Crippen LogP contribution in [0.3, 0.4) is 0 Å². The van der Waals surface area contributed by atoms with Crippen molar-refractivity contribution in [3.63, 3.8) is 0 Å². The molecule has 0 radical (unpaired) electrons. The van der Waals surface area contributed by atoms with Crippen molar-refractivity contribution in [1.29, 1.82) is 0 Å². The fraction of sp³-hybridized carbons (Fsp3) is 0.0526. The summed E-state index contributed by atoms with van der Waals surface area (Å²) in [5, 5.41) is 5.17. The van der Waals surface area contributed by atoms with Gasteiger partial charge in [0.1, 0.15) is 17.0 Å². The minimum atomic E-state index is 0.627. The SMILES string of the molecule is Clc1ccccc1CNc1ncnc2sc(-c3ccccc3)cc12. The summed E-state index contributed by atoms with van der Waals surface area (Å²) in [6, 6.07) is 20.3. The molecule has 5 heteroatoms. The van der Waals surface area contributed by atoms with Crippen LogP contribution in [0.5, 0.6) is 0 Å². The average molecular weight is 352 g/mol. The maximum atomic E-state index is 6.22. The Morgan fingerprint density at radius 3 is 2.58 bits per heavy atom. The zero-order valence-corrected chi connectivity index (χ0v) is 14.3. The van der Waals surface area contributed by atoms with Crippen molar-refractivity contribution in [2.24, 2.45) is 0 Å². The first-order chi connectivity index (χ1) is 11.8. The van der Waals surface area contributed by atoms with E-state index in [0.717, 1.165) is 26.6 Å². The Morgan fingerprint density at radius 1 is 0.958 bits per heavy atom. The van der Waals surface area contributed by atoms with Gasteiger partial charge in [-0.3, -0.25) is 0 Å². The van der Waals surface area contributed by atoms with Gasteiger partial charge in [-0.15, -0.1) is 11.3 Å². The number of nitrogens with zero attached hydrogens (tertiary/aromatic N) is 2. The third-order valence-corrected chi connectivity index (χ3v) is 5.25. The number of rotatable bonds is 4. The summed E-state index contributed by atoms with van der Waals surface area (Å²) in [7, 11) is 0. The van der Waals surface area contributed by atoms with Crippen LogP contribution in [0.15, 0.2) is 67.0 Å². The number of nitrogens with one attached hydrogen (secondary N) is 1. The van der Waals surface area contributed by atoms with E-state index in [9.17, 15) is 0 Å². The number of hydrogen-bond donors (Lipinski definition) is 1. The van der Waals surface area contributed by atoms with Gasteiger partial charge in [0.2, 0.25) is 0 Å². The van der Waals surface area contributed by atoms with Crippen LogP contribution >= 0.6 is 22.9 Å². The molecule has 2 heterocycles. The van der Waals surface area contributed by atoms with Gasteiger partial charge in [0.15, 0.2) is 0 Å². The van der Waals surface area contributed by atoms with Gasteiger partial charge in [0, 0.05) is 16.4 Å². The molecule has 0 aliphatic carbocycles. The molecule has 0 unspecified atom stereocenters. The minimum Gasteiger partial charge on any atom is -0.365 e. The molecule has 1 N–H and O–H groups in total. The third kappa shape index (κ3) is 2.98. The quantitative estimate of drug-likeness (QED) is 0.518. The molecule has 2 aromatic heterocycles. The predicted octanol–water partition coefficient (Wildman–Crippen LogP) is 5.62. The highest BCUT2D eigenvalue weighted by Gasteiger charge is 2.10. The molecule has 0 bridgehead atoms. The van der Waals surface area contributed by atoms with Gasteiger partial charge in [-0.05, 0) is 23.3 Å². The minimum absolute atomic E-state index is 0.627. The lowest BCUT2D eigenvalue weighted by Gasteiger charge is -2.07. The second-order valence-electron chi connectivity index (χ2n) is 5.36. The predicted molar refractivity (Wildman–Crippen MR) is 102 cm³/mol.